The van der Waals surface area contributed by atoms with Gasteiger partial charge in [-0.15, -0.1) is 6.42 Å². The van der Waals surface area contributed by atoms with Crippen LogP contribution >= 0.6 is 0 Å². The highest BCUT2D eigenvalue weighted by Crippen LogP contribution is 2.02. The molecule has 1 rings (SSSR count). The fourth-order valence-corrected chi connectivity index (χ4v) is 1.63. The van der Waals surface area contributed by atoms with Crippen molar-refractivity contribution < 1.29 is 0 Å². The topological polar surface area (TPSA) is 47.2 Å². The molecule has 0 aliphatic heterocycles. The molecule has 0 bridgehead atoms. The molecule has 1 heterocycles. The van der Waals surface area contributed by atoms with Crippen LogP contribution in [0.3, 0.4) is 0 Å². The quantitative estimate of drug-likeness (QED) is 0.696. The number of terminal acetylenes is 1. The largest absolute Gasteiger partial charge is 0.358 e. The average molecular weight is 235 g/mol. The van der Waals surface area contributed by atoms with E-state index in [2.05, 4.69) is 5.92 Å². The molecule has 5 nitrogen and oxygen atoms in total. The monoisotopic (exact) mass is 235 g/mol. The predicted octanol–water partition coefficient (Wildman–Crippen LogP) is 0.119. The third-order valence-electron chi connectivity index (χ3n) is 2.62. The molecule has 0 aliphatic rings. The van der Waals surface area contributed by atoms with Gasteiger partial charge in [-0.1, -0.05) is 5.92 Å². The molecule has 0 N–H and O–H groups in total. The summed E-state index contributed by atoms with van der Waals surface area (Å²) in [5.74, 6) is 2.47. The van der Waals surface area contributed by atoms with Gasteiger partial charge >= 0.3 is 5.69 Å². The number of hydrogen-bond donors (Lipinski definition) is 0. The molecule has 1 aromatic rings. The van der Waals surface area contributed by atoms with E-state index in [9.17, 15) is 9.59 Å². The van der Waals surface area contributed by atoms with Gasteiger partial charge in [0.25, 0.3) is 5.56 Å². The zero-order valence-corrected chi connectivity index (χ0v) is 10.4. The van der Waals surface area contributed by atoms with E-state index >= 15 is 0 Å². The Labute approximate surface area is 100 Å². The molecule has 0 spiro atoms. The molecule has 0 saturated heterocycles. The smallest absolute Gasteiger partial charge is 0.331 e. The van der Waals surface area contributed by atoms with Gasteiger partial charge in [0.1, 0.15) is 5.69 Å². The average Bonchev–Trinajstić information content (AvgIpc) is 2.30. The van der Waals surface area contributed by atoms with E-state index in [1.165, 1.54) is 9.13 Å². The second-order valence-electron chi connectivity index (χ2n) is 3.69. The summed E-state index contributed by atoms with van der Waals surface area (Å²) < 4.78 is 2.72. The van der Waals surface area contributed by atoms with E-state index < -0.39 is 0 Å². The van der Waals surface area contributed by atoms with Crippen LogP contribution in [0.25, 0.3) is 0 Å². The second-order valence-corrected chi connectivity index (χ2v) is 3.69. The highest BCUT2D eigenvalue weighted by Gasteiger charge is 2.12. The van der Waals surface area contributed by atoms with Gasteiger partial charge in [0.15, 0.2) is 0 Å². The maximum atomic E-state index is 12.0. The maximum absolute atomic E-state index is 12.0. The summed E-state index contributed by atoms with van der Waals surface area (Å²) in [4.78, 5) is 25.6. The Morgan fingerprint density at radius 3 is 2.47 bits per heavy atom. The minimum atomic E-state index is -0.292. The lowest BCUT2D eigenvalue weighted by Crippen LogP contribution is -2.42. The zero-order valence-electron chi connectivity index (χ0n) is 10.4. The Bertz CT molecular complexity index is 548. The van der Waals surface area contributed by atoms with Gasteiger partial charge < -0.3 is 4.90 Å². The van der Waals surface area contributed by atoms with Crippen LogP contribution in [0.1, 0.15) is 13.8 Å². The van der Waals surface area contributed by atoms with E-state index in [-0.39, 0.29) is 11.2 Å². The Balaban J connectivity index is 3.48. The second kappa shape index (κ2) is 5.39. The number of aromatic nitrogens is 2. The fourth-order valence-electron chi connectivity index (χ4n) is 1.63. The zero-order chi connectivity index (χ0) is 13.0. The van der Waals surface area contributed by atoms with Gasteiger partial charge in [0.05, 0.1) is 6.54 Å². The Hall–Kier alpha value is -1.96. The lowest BCUT2D eigenvalue weighted by Gasteiger charge is -2.18. The minimum absolute atomic E-state index is 0.280. The summed E-state index contributed by atoms with van der Waals surface area (Å²) in [6, 6.07) is 0. The first-order valence-corrected chi connectivity index (χ1v) is 5.55. The molecule has 0 aromatic carbocycles. The number of anilines is 1. The number of rotatable bonds is 4. The van der Waals surface area contributed by atoms with Crippen molar-refractivity contribution in [2.24, 2.45) is 0 Å². The highest BCUT2D eigenvalue weighted by molar-refractivity contribution is 5.42. The molecule has 0 amide bonds. The van der Waals surface area contributed by atoms with Crippen LogP contribution in [0, 0.1) is 12.3 Å². The van der Waals surface area contributed by atoms with E-state index in [1.807, 2.05) is 6.92 Å². The van der Waals surface area contributed by atoms with Crippen LogP contribution in [0.4, 0.5) is 5.69 Å². The van der Waals surface area contributed by atoms with Crippen molar-refractivity contribution in [2.75, 3.05) is 18.5 Å². The minimum Gasteiger partial charge on any atom is -0.358 e. The molecule has 1 aromatic heterocycles. The highest BCUT2D eigenvalue weighted by atomic mass is 16.2. The van der Waals surface area contributed by atoms with Gasteiger partial charge in [-0.3, -0.25) is 13.9 Å². The van der Waals surface area contributed by atoms with Crippen molar-refractivity contribution in [3.8, 4) is 12.3 Å². The first kappa shape index (κ1) is 13.1. The van der Waals surface area contributed by atoms with Crippen LogP contribution in [-0.2, 0) is 13.1 Å². The van der Waals surface area contributed by atoms with Gasteiger partial charge in [0.2, 0.25) is 0 Å². The van der Waals surface area contributed by atoms with Crippen molar-refractivity contribution in [1.82, 2.24) is 9.13 Å². The van der Waals surface area contributed by atoms with E-state index in [0.717, 1.165) is 0 Å². The first-order chi connectivity index (χ1) is 8.06. The van der Waals surface area contributed by atoms with Crippen molar-refractivity contribution in [1.29, 1.82) is 0 Å². The molecule has 0 saturated carbocycles. The van der Waals surface area contributed by atoms with Crippen LogP contribution in [0.15, 0.2) is 15.8 Å². The molecule has 5 heteroatoms. The van der Waals surface area contributed by atoms with Crippen LogP contribution < -0.4 is 16.1 Å². The van der Waals surface area contributed by atoms with E-state index in [4.69, 9.17) is 6.42 Å². The first-order valence-electron chi connectivity index (χ1n) is 5.55. The Morgan fingerprint density at radius 2 is 2.00 bits per heavy atom. The van der Waals surface area contributed by atoms with Gasteiger partial charge in [-0.05, 0) is 13.8 Å². The van der Waals surface area contributed by atoms with Gasteiger partial charge in [-0.2, -0.15) is 0 Å². The summed E-state index contributed by atoms with van der Waals surface area (Å²) in [6.07, 6.45) is 6.78. The predicted molar refractivity (Wildman–Crippen MR) is 68.4 cm³/mol. The third kappa shape index (κ3) is 2.41. The number of nitrogens with zero attached hydrogens (tertiary/aromatic N) is 3. The fraction of sp³-hybridized carbons (Fsp3) is 0.500. The lowest BCUT2D eigenvalue weighted by atomic mass is 10.4. The molecule has 0 atom stereocenters. The van der Waals surface area contributed by atoms with Crippen LogP contribution in [0.2, 0.25) is 0 Å². The van der Waals surface area contributed by atoms with E-state index in [1.54, 1.807) is 25.1 Å². The normalized spacial score (nSPS) is 10.0. The number of aryl methyl sites for hydroxylation is 1. The van der Waals surface area contributed by atoms with Gasteiger partial charge in [0, 0.05) is 26.3 Å². The molecule has 0 fully saturated rings. The van der Waals surface area contributed by atoms with Crippen molar-refractivity contribution in [3.05, 3.63) is 27.0 Å². The molecule has 0 unspecified atom stereocenters. The molecule has 92 valence electrons. The summed E-state index contributed by atoms with van der Waals surface area (Å²) in [5.41, 5.74) is -0.121. The Morgan fingerprint density at radius 1 is 1.35 bits per heavy atom. The lowest BCUT2D eigenvalue weighted by molar-refractivity contribution is 0.586. The molecule has 0 aliphatic carbocycles. The molecule has 17 heavy (non-hydrogen) atoms. The summed E-state index contributed by atoms with van der Waals surface area (Å²) in [7, 11) is 1.74. The van der Waals surface area contributed by atoms with Crippen LogP contribution in [-0.4, -0.2) is 22.7 Å². The van der Waals surface area contributed by atoms with Crippen molar-refractivity contribution in [3.63, 3.8) is 0 Å². The third-order valence-corrected chi connectivity index (χ3v) is 2.62. The Kier molecular flexibility index (Phi) is 4.16. The van der Waals surface area contributed by atoms with E-state index in [0.29, 0.717) is 25.3 Å². The summed E-state index contributed by atoms with van der Waals surface area (Å²) in [5, 5.41) is 0. The van der Waals surface area contributed by atoms with Crippen molar-refractivity contribution in [2.45, 2.75) is 26.9 Å². The summed E-state index contributed by atoms with van der Waals surface area (Å²) >= 11 is 0. The summed E-state index contributed by atoms with van der Waals surface area (Å²) in [6.45, 7) is 4.84. The SMILES string of the molecule is C#CCN(C)c1cn(CC)c(=O)n(CC)c1=O. The maximum Gasteiger partial charge on any atom is 0.331 e. The molecular formula is C12H17N3O2. The van der Waals surface area contributed by atoms with Crippen LogP contribution in [0.5, 0.6) is 0 Å². The standard InChI is InChI=1S/C12H17N3O2/c1-5-8-13(4)10-9-14(6-2)12(17)15(7-3)11(10)16/h1,9H,6-8H2,2-4H3. The number of hydrogen-bond acceptors (Lipinski definition) is 3. The molecular weight excluding hydrogens is 218 g/mol. The van der Waals surface area contributed by atoms with Gasteiger partial charge in [-0.25, -0.2) is 4.79 Å². The molecule has 0 radical (unpaired) electrons. The van der Waals surface area contributed by atoms with Crippen molar-refractivity contribution >= 4 is 5.69 Å².